The minimum Gasteiger partial charge on any atom is -0.384 e. The van der Waals surface area contributed by atoms with Crippen molar-refractivity contribution in [3.63, 3.8) is 0 Å². The summed E-state index contributed by atoms with van der Waals surface area (Å²) in [5.41, 5.74) is 6.35. The van der Waals surface area contributed by atoms with Gasteiger partial charge in [-0.05, 0) is 18.6 Å². The van der Waals surface area contributed by atoms with Crippen LogP contribution in [0, 0.1) is 0 Å². The summed E-state index contributed by atoms with van der Waals surface area (Å²) in [6, 6.07) is 1.66. The second-order valence-electron chi connectivity index (χ2n) is 2.76. The van der Waals surface area contributed by atoms with Gasteiger partial charge in [0.25, 0.3) is 0 Å². The molecule has 2 N–H and O–H groups in total. The predicted molar refractivity (Wildman–Crippen MR) is 51.6 cm³/mol. The average Bonchev–Trinajstić information content (AvgIpc) is 2.19. The zero-order valence-electron chi connectivity index (χ0n) is 7.14. The third-order valence-corrected chi connectivity index (χ3v) is 1.76. The van der Waals surface area contributed by atoms with Crippen LogP contribution in [0.1, 0.15) is 12.2 Å². The van der Waals surface area contributed by atoms with Crippen molar-refractivity contribution in [2.75, 3.05) is 12.3 Å². The molecule has 0 amide bonds. The molecule has 4 heteroatoms. The number of hydrogen-bond donors (Lipinski definition) is 1. The van der Waals surface area contributed by atoms with E-state index in [-0.39, 0.29) is 0 Å². The molecule has 0 bridgehead atoms. The summed E-state index contributed by atoms with van der Waals surface area (Å²) in [7, 11) is 0. The Kier molecular flexibility index (Phi) is 2.04. The summed E-state index contributed by atoms with van der Waals surface area (Å²) < 4.78 is 0. The Morgan fingerprint density at radius 3 is 3.00 bits per heavy atom. The monoisotopic (exact) mass is 174 g/mol. The van der Waals surface area contributed by atoms with Crippen LogP contribution in [-0.4, -0.2) is 22.2 Å². The maximum absolute atomic E-state index is 5.54. The fraction of sp³-hybridized carbons (Fsp3) is 0.222. The Morgan fingerprint density at radius 1 is 1.38 bits per heavy atom. The Labute approximate surface area is 76.2 Å². The molecule has 2 heterocycles. The highest BCUT2D eigenvalue weighted by molar-refractivity contribution is 6.06. The zero-order chi connectivity index (χ0) is 9.10. The lowest BCUT2D eigenvalue weighted by Gasteiger charge is -2.04. The molecule has 2 rings (SSSR count). The highest BCUT2D eigenvalue weighted by Gasteiger charge is 2.05. The first-order valence-electron chi connectivity index (χ1n) is 4.16. The molecule has 0 radical (unpaired) electrons. The maximum Gasteiger partial charge on any atom is 0.179 e. The van der Waals surface area contributed by atoms with Crippen LogP contribution in [-0.2, 0) is 0 Å². The van der Waals surface area contributed by atoms with Gasteiger partial charge in [0.1, 0.15) is 11.5 Å². The van der Waals surface area contributed by atoms with E-state index in [1.807, 2.05) is 6.08 Å². The van der Waals surface area contributed by atoms with Gasteiger partial charge >= 0.3 is 0 Å². The molecule has 0 saturated heterocycles. The van der Waals surface area contributed by atoms with Crippen molar-refractivity contribution in [3.05, 3.63) is 30.2 Å². The van der Waals surface area contributed by atoms with E-state index < -0.39 is 0 Å². The van der Waals surface area contributed by atoms with Gasteiger partial charge in [0.2, 0.25) is 0 Å². The Balaban J connectivity index is 2.35. The maximum atomic E-state index is 5.54. The highest BCUT2D eigenvalue weighted by atomic mass is 15.0. The molecule has 0 fully saturated rings. The molecule has 0 aliphatic carbocycles. The number of anilines is 1. The van der Waals surface area contributed by atoms with Crippen LogP contribution in [0.5, 0.6) is 0 Å². The Bertz CT molecular complexity index is 368. The van der Waals surface area contributed by atoms with E-state index >= 15 is 0 Å². The van der Waals surface area contributed by atoms with E-state index in [9.17, 15) is 0 Å². The van der Waals surface area contributed by atoms with Crippen LogP contribution < -0.4 is 5.73 Å². The summed E-state index contributed by atoms with van der Waals surface area (Å²) in [4.78, 5) is 12.5. The van der Waals surface area contributed by atoms with Gasteiger partial charge in [0.05, 0.1) is 0 Å². The van der Waals surface area contributed by atoms with Crippen molar-refractivity contribution >= 4 is 11.5 Å². The first-order valence-corrected chi connectivity index (χ1v) is 4.16. The zero-order valence-corrected chi connectivity index (χ0v) is 7.14. The Hall–Kier alpha value is -1.71. The normalized spacial score (nSPS) is 15.5. The number of aromatic nitrogens is 2. The molecule has 0 unspecified atom stereocenters. The summed E-state index contributed by atoms with van der Waals surface area (Å²) in [6.07, 6.45) is 6.63. The highest BCUT2D eigenvalue weighted by Crippen LogP contribution is 2.04. The molecule has 0 aromatic carbocycles. The van der Waals surface area contributed by atoms with Gasteiger partial charge in [-0.2, -0.15) is 0 Å². The van der Waals surface area contributed by atoms with Crippen LogP contribution in [0.3, 0.4) is 0 Å². The lowest BCUT2D eigenvalue weighted by molar-refractivity contribution is 0.984. The molecule has 1 aromatic rings. The van der Waals surface area contributed by atoms with Gasteiger partial charge in [0, 0.05) is 12.7 Å². The molecule has 0 saturated carbocycles. The molecular weight excluding hydrogens is 164 g/mol. The molecule has 4 nitrogen and oxygen atoms in total. The second-order valence-corrected chi connectivity index (χ2v) is 2.76. The summed E-state index contributed by atoms with van der Waals surface area (Å²) >= 11 is 0. The van der Waals surface area contributed by atoms with E-state index in [2.05, 4.69) is 21.0 Å². The van der Waals surface area contributed by atoms with Crippen LogP contribution in [0.25, 0.3) is 0 Å². The third-order valence-electron chi connectivity index (χ3n) is 1.76. The van der Waals surface area contributed by atoms with Crippen molar-refractivity contribution in [2.24, 2.45) is 4.99 Å². The van der Waals surface area contributed by atoms with E-state index in [0.29, 0.717) is 11.6 Å². The molecule has 1 aliphatic heterocycles. The fourth-order valence-electron chi connectivity index (χ4n) is 1.15. The SMILES string of the molecule is Nc1ccnc(C2=NCCC=C2)n1. The van der Waals surface area contributed by atoms with Crippen LogP contribution in [0.15, 0.2) is 29.4 Å². The standard InChI is InChI=1S/C9H10N4/c10-8-4-6-12-9(13-8)7-3-1-2-5-11-7/h1,3-4,6H,2,5H2,(H2,10,12,13). The van der Waals surface area contributed by atoms with Crippen molar-refractivity contribution in [2.45, 2.75) is 6.42 Å². The molecule has 13 heavy (non-hydrogen) atoms. The molecule has 0 spiro atoms. The van der Waals surface area contributed by atoms with Gasteiger partial charge in [-0.3, -0.25) is 4.99 Å². The van der Waals surface area contributed by atoms with E-state index in [0.717, 1.165) is 18.7 Å². The summed E-state index contributed by atoms with van der Waals surface area (Å²) in [5.74, 6) is 1.09. The van der Waals surface area contributed by atoms with E-state index in [1.54, 1.807) is 12.3 Å². The second kappa shape index (κ2) is 3.35. The quantitative estimate of drug-likeness (QED) is 0.685. The van der Waals surface area contributed by atoms with E-state index in [4.69, 9.17) is 5.73 Å². The van der Waals surface area contributed by atoms with Gasteiger partial charge in [-0.15, -0.1) is 0 Å². The van der Waals surface area contributed by atoms with Gasteiger partial charge in [-0.25, -0.2) is 9.97 Å². The minimum absolute atomic E-state index is 0.478. The van der Waals surface area contributed by atoms with Crippen LogP contribution in [0.2, 0.25) is 0 Å². The van der Waals surface area contributed by atoms with Crippen molar-refractivity contribution < 1.29 is 0 Å². The predicted octanol–water partition coefficient (Wildman–Crippen LogP) is 0.808. The van der Waals surface area contributed by atoms with E-state index in [1.165, 1.54) is 0 Å². The number of aliphatic imine (C=N–C) groups is 1. The number of rotatable bonds is 1. The number of nitrogens with two attached hydrogens (primary N) is 1. The van der Waals surface area contributed by atoms with Crippen LogP contribution in [0.4, 0.5) is 5.82 Å². The first-order chi connectivity index (χ1) is 6.36. The molecule has 0 atom stereocenters. The van der Waals surface area contributed by atoms with Gasteiger partial charge in [-0.1, -0.05) is 6.08 Å². The lowest BCUT2D eigenvalue weighted by atomic mass is 10.2. The molecule has 1 aliphatic rings. The molecule has 66 valence electrons. The lowest BCUT2D eigenvalue weighted by Crippen LogP contribution is -2.08. The fourth-order valence-corrected chi connectivity index (χ4v) is 1.15. The number of allylic oxidation sites excluding steroid dienone is 1. The smallest absolute Gasteiger partial charge is 0.179 e. The van der Waals surface area contributed by atoms with Crippen molar-refractivity contribution in [1.82, 2.24) is 9.97 Å². The topological polar surface area (TPSA) is 64.2 Å². The third kappa shape index (κ3) is 1.72. The average molecular weight is 174 g/mol. The first kappa shape index (κ1) is 7.91. The van der Waals surface area contributed by atoms with Crippen LogP contribution >= 0.6 is 0 Å². The number of dihydropyridines is 1. The summed E-state index contributed by atoms with van der Waals surface area (Å²) in [5, 5.41) is 0. The van der Waals surface area contributed by atoms with Gasteiger partial charge < -0.3 is 5.73 Å². The van der Waals surface area contributed by atoms with Crippen molar-refractivity contribution in [3.8, 4) is 0 Å². The molecular formula is C9H10N4. The largest absolute Gasteiger partial charge is 0.384 e. The number of nitrogens with zero attached hydrogens (tertiary/aromatic N) is 3. The Morgan fingerprint density at radius 2 is 2.31 bits per heavy atom. The minimum atomic E-state index is 0.478. The number of hydrogen-bond acceptors (Lipinski definition) is 4. The molecule has 1 aromatic heterocycles. The summed E-state index contributed by atoms with van der Waals surface area (Å²) in [6.45, 7) is 0.810. The number of nitrogen functional groups attached to an aromatic ring is 1. The van der Waals surface area contributed by atoms with Crippen molar-refractivity contribution in [1.29, 1.82) is 0 Å². The van der Waals surface area contributed by atoms with Gasteiger partial charge in [0.15, 0.2) is 5.82 Å².